The van der Waals surface area contributed by atoms with Crippen molar-refractivity contribution in [3.63, 3.8) is 0 Å². The first-order valence-corrected chi connectivity index (χ1v) is 8.39. The van der Waals surface area contributed by atoms with Crippen LogP contribution in [0.2, 0.25) is 0 Å². The predicted molar refractivity (Wildman–Crippen MR) is 87.6 cm³/mol. The number of pyridine rings is 1. The van der Waals surface area contributed by atoms with Gasteiger partial charge in [-0.3, -0.25) is 4.90 Å². The van der Waals surface area contributed by atoms with Gasteiger partial charge in [0.25, 0.3) is 0 Å². The molecule has 3 rings (SSSR count). The second kappa shape index (κ2) is 6.75. The summed E-state index contributed by atoms with van der Waals surface area (Å²) >= 11 is 0. The van der Waals surface area contributed by atoms with Gasteiger partial charge in [-0.15, -0.1) is 0 Å². The van der Waals surface area contributed by atoms with Crippen LogP contribution in [0.3, 0.4) is 0 Å². The molecule has 0 aromatic carbocycles. The lowest BCUT2D eigenvalue weighted by Crippen LogP contribution is -2.35. The number of nitrogens with zero attached hydrogens (tertiary/aromatic N) is 3. The summed E-state index contributed by atoms with van der Waals surface area (Å²) in [6.07, 6.45) is 6.00. The Morgan fingerprint density at radius 1 is 1.29 bits per heavy atom. The fourth-order valence-corrected chi connectivity index (χ4v) is 3.42. The van der Waals surface area contributed by atoms with Crippen molar-refractivity contribution in [2.24, 2.45) is 0 Å². The lowest BCUT2D eigenvalue weighted by Gasteiger charge is -2.24. The van der Waals surface area contributed by atoms with Gasteiger partial charge in [0.05, 0.1) is 0 Å². The smallest absolute Gasteiger partial charge is 0.128 e. The van der Waals surface area contributed by atoms with E-state index in [1.54, 1.807) is 0 Å². The zero-order valence-electron chi connectivity index (χ0n) is 13.4. The molecule has 1 atom stereocenters. The number of rotatable bonds is 5. The minimum Gasteiger partial charge on any atom is -0.355 e. The van der Waals surface area contributed by atoms with Crippen molar-refractivity contribution in [3.8, 4) is 0 Å². The minimum atomic E-state index is 0.521. The Bertz CT molecular complexity index is 454. The number of anilines is 1. The molecule has 1 N–H and O–H groups in total. The molecule has 2 aliphatic rings. The molecule has 2 fully saturated rings. The molecule has 1 aromatic heterocycles. The van der Waals surface area contributed by atoms with Crippen molar-refractivity contribution < 1.29 is 0 Å². The molecule has 116 valence electrons. The molecule has 2 saturated heterocycles. The lowest BCUT2D eigenvalue weighted by molar-refractivity contribution is 0.260. The molecule has 1 aromatic rings. The van der Waals surface area contributed by atoms with E-state index in [1.165, 1.54) is 37.9 Å². The highest BCUT2D eigenvalue weighted by Crippen LogP contribution is 2.24. The van der Waals surface area contributed by atoms with Crippen LogP contribution in [-0.4, -0.2) is 48.1 Å². The fraction of sp³-hybridized carbons (Fsp3) is 0.706. The molecule has 1 unspecified atom stereocenters. The Labute approximate surface area is 128 Å². The van der Waals surface area contributed by atoms with Crippen LogP contribution in [0.15, 0.2) is 18.3 Å². The molecule has 3 heterocycles. The monoisotopic (exact) mass is 288 g/mol. The van der Waals surface area contributed by atoms with Gasteiger partial charge in [0.2, 0.25) is 0 Å². The third-order valence-corrected chi connectivity index (χ3v) is 4.67. The van der Waals surface area contributed by atoms with Crippen LogP contribution >= 0.6 is 0 Å². The van der Waals surface area contributed by atoms with E-state index in [0.717, 1.165) is 31.5 Å². The standard InChI is InChI=1S/C17H28N4/c1-14(2)19-12-15-5-7-18-17(11-15)21-10-6-16(13-21)20-8-3-4-9-20/h5,7,11,14,16,19H,3-4,6,8-10,12-13H2,1-2H3. The maximum absolute atomic E-state index is 4.59. The quantitative estimate of drug-likeness (QED) is 0.900. The van der Waals surface area contributed by atoms with Gasteiger partial charge in [-0.05, 0) is 50.0 Å². The van der Waals surface area contributed by atoms with Gasteiger partial charge in [0.15, 0.2) is 0 Å². The van der Waals surface area contributed by atoms with E-state index in [4.69, 9.17) is 0 Å². The third-order valence-electron chi connectivity index (χ3n) is 4.67. The van der Waals surface area contributed by atoms with E-state index in [2.05, 4.69) is 46.1 Å². The second-order valence-electron chi connectivity index (χ2n) is 6.69. The van der Waals surface area contributed by atoms with Crippen LogP contribution in [0.1, 0.15) is 38.7 Å². The maximum Gasteiger partial charge on any atom is 0.128 e. The maximum atomic E-state index is 4.59. The number of hydrogen-bond acceptors (Lipinski definition) is 4. The number of aromatic nitrogens is 1. The van der Waals surface area contributed by atoms with Crippen LogP contribution in [0.25, 0.3) is 0 Å². The van der Waals surface area contributed by atoms with Gasteiger partial charge in [0, 0.05) is 37.9 Å². The zero-order valence-corrected chi connectivity index (χ0v) is 13.4. The average Bonchev–Trinajstić information content (AvgIpc) is 3.16. The van der Waals surface area contributed by atoms with Crippen LogP contribution in [0.4, 0.5) is 5.82 Å². The molecule has 2 aliphatic heterocycles. The summed E-state index contributed by atoms with van der Waals surface area (Å²) in [5.41, 5.74) is 1.33. The van der Waals surface area contributed by atoms with Crippen LogP contribution in [-0.2, 0) is 6.54 Å². The normalized spacial score (nSPS) is 23.4. The molecule has 4 nitrogen and oxygen atoms in total. The summed E-state index contributed by atoms with van der Waals surface area (Å²) in [4.78, 5) is 9.72. The predicted octanol–water partition coefficient (Wildman–Crippen LogP) is 2.25. The van der Waals surface area contributed by atoms with Gasteiger partial charge >= 0.3 is 0 Å². The van der Waals surface area contributed by atoms with Gasteiger partial charge in [0.1, 0.15) is 5.82 Å². The Kier molecular flexibility index (Phi) is 4.76. The Morgan fingerprint density at radius 2 is 2.10 bits per heavy atom. The number of hydrogen-bond donors (Lipinski definition) is 1. The Hall–Kier alpha value is -1.13. The van der Waals surface area contributed by atoms with E-state index < -0.39 is 0 Å². The van der Waals surface area contributed by atoms with Crippen molar-refractivity contribution in [1.82, 2.24) is 15.2 Å². The summed E-state index contributed by atoms with van der Waals surface area (Å²) in [6.45, 7) is 10.2. The second-order valence-corrected chi connectivity index (χ2v) is 6.69. The van der Waals surface area contributed by atoms with Crippen LogP contribution in [0, 0.1) is 0 Å². The van der Waals surface area contributed by atoms with Crippen molar-refractivity contribution in [2.75, 3.05) is 31.1 Å². The third kappa shape index (κ3) is 3.74. The molecule has 0 saturated carbocycles. The molecular weight excluding hydrogens is 260 g/mol. The van der Waals surface area contributed by atoms with Crippen molar-refractivity contribution in [3.05, 3.63) is 23.9 Å². The van der Waals surface area contributed by atoms with Crippen LogP contribution < -0.4 is 10.2 Å². The Morgan fingerprint density at radius 3 is 2.86 bits per heavy atom. The molecule has 21 heavy (non-hydrogen) atoms. The van der Waals surface area contributed by atoms with Gasteiger partial charge < -0.3 is 10.2 Å². The highest BCUT2D eigenvalue weighted by molar-refractivity contribution is 5.42. The first kappa shape index (κ1) is 14.8. The van der Waals surface area contributed by atoms with Gasteiger partial charge in [-0.25, -0.2) is 4.98 Å². The topological polar surface area (TPSA) is 31.4 Å². The fourth-order valence-electron chi connectivity index (χ4n) is 3.42. The Balaban J connectivity index is 1.60. The van der Waals surface area contributed by atoms with E-state index in [1.807, 2.05) is 6.20 Å². The first-order chi connectivity index (χ1) is 10.2. The SMILES string of the molecule is CC(C)NCc1ccnc(N2CCC(N3CCCC3)C2)c1. The molecule has 0 spiro atoms. The average molecular weight is 288 g/mol. The first-order valence-electron chi connectivity index (χ1n) is 8.39. The molecule has 4 heteroatoms. The highest BCUT2D eigenvalue weighted by Gasteiger charge is 2.29. The number of likely N-dealkylation sites (tertiary alicyclic amines) is 1. The largest absolute Gasteiger partial charge is 0.355 e. The van der Waals surface area contributed by atoms with Crippen molar-refractivity contribution in [2.45, 2.75) is 51.7 Å². The summed E-state index contributed by atoms with van der Waals surface area (Å²) in [5.74, 6) is 1.15. The zero-order chi connectivity index (χ0) is 14.7. The van der Waals surface area contributed by atoms with E-state index >= 15 is 0 Å². The van der Waals surface area contributed by atoms with Gasteiger partial charge in [-0.1, -0.05) is 13.8 Å². The van der Waals surface area contributed by atoms with Crippen LogP contribution in [0.5, 0.6) is 0 Å². The van der Waals surface area contributed by atoms with Crippen molar-refractivity contribution in [1.29, 1.82) is 0 Å². The summed E-state index contributed by atoms with van der Waals surface area (Å²) in [7, 11) is 0. The van der Waals surface area contributed by atoms with Crippen molar-refractivity contribution >= 4 is 5.82 Å². The minimum absolute atomic E-state index is 0.521. The molecule has 0 amide bonds. The summed E-state index contributed by atoms with van der Waals surface area (Å²) in [5, 5.41) is 3.48. The summed E-state index contributed by atoms with van der Waals surface area (Å²) in [6, 6.07) is 5.63. The number of nitrogens with one attached hydrogen (secondary N) is 1. The molecule has 0 radical (unpaired) electrons. The molecule has 0 aliphatic carbocycles. The molecular formula is C17H28N4. The van der Waals surface area contributed by atoms with E-state index in [-0.39, 0.29) is 0 Å². The van der Waals surface area contributed by atoms with E-state index in [0.29, 0.717) is 6.04 Å². The summed E-state index contributed by atoms with van der Waals surface area (Å²) < 4.78 is 0. The molecule has 0 bridgehead atoms. The van der Waals surface area contributed by atoms with E-state index in [9.17, 15) is 0 Å². The highest BCUT2D eigenvalue weighted by atomic mass is 15.3. The van der Waals surface area contributed by atoms with Gasteiger partial charge in [-0.2, -0.15) is 0 Å². The lowest BCUT2D eigenvalue weighted by atomic mass is 10.2.